The molecule has 0 aliphatic carbocycles. The Balaban J connectivity index is 1.66. The summed E-state index contributed by atoms with van der Waals surface area (Å²) in [4.78, 5) is 13.6. The molecule has 1 aliphatic heterocycles. The van der Waals surface area contributed by atoms with E-state index in [0.29, 0.717) is 6.54 Å². The van der Waals surface area contributed by atoms with Crippen LogP contribution in [0.5, 0.6) is 0 Å². The number of aromatic nitrogens is 2. The Kier molecular flexibility index (Phi) is 3.61. The molecule has 6 heteroatoms. The molecule has 0 aromatic carbocycles. The third-order valence-electron chi connectivity index (χ3n) is 3.29. The van der Waals surface area contributed by atoms with Gasteiger partial charge in [0, 0.05) is 44.3 Å². The van der Waals surface area contributed by atoms with Gasteiger partial charge in [-0.2, -0.15) is 0 Å². The van der Waals surface area contributed by atoms with Gasteiger partial charge in [0.15, 0.2) is 5.13 Å². The molecular formula is C13H17N5S. The predicted octanol–water partition coefficient (Wildman–Crippen LogP) is 1.32. The fraction of sp³-hybridized carbons (Fsp3) is 0.385. The zero-order valence-electron chi connectivity index (χ0n) is 10.7. The van der Waals surface area contributed by atoms with E-state index < -0.39 is 0 Å². The molecule has 1 saturated heterocycles. The largest absolute Gasteiger partial charge is 0.353 e. The van der Waals surface area contributed by atoms with Gasteiger partial charge in [-0.3, -0.25) is 0 Å². The van der Waals surface area contributed by atoms with Crippen molar-refractivity contribution in [3.05, 3.63) is 35.5 Å². The molecule has 5 nitrogen and oxygen atoms in total. The Labute approximate surface area is 116 Å². The molecule has 0 saturated carbocycles. The lowest BCUT2D eigenvalue weighted by atomic mass is 10.3. The van der Waals surface area contributed by atoms with Crippen LogP contribution >= 0.6 is 11.3 Å². The summed E-state index contributed by atoms with van der Waals surface area (Å²) in [5.41, 5.74) is 6.58. The van der Waals surface area contributed by atoms with Crippen molar-refractivity contribution in [3.63, 3.8) is 0 Å². The van der Waals surface area contributed by atoms with Gasteiger partial charge in [0.25, 0.3) is 0 Å². The Morgan fingerprint density at radius 2 is 1.95 bits per heavy atom. The van der Waals surface area contributed by atoms with Gasteiger partial charge in [0.1, 0.15) is 5.82 Å². The lowest BCUT2D eigenvalue weighted by molar-refractivity contribution is 0.645. The maximum atomic E-state index is 5.64. The monoisotopic (exact) mass is 275 g/mol. The fourth-order valence-corrected chi connectivity index (χ4v) is 2.95. The van der Waals surface area contributed by atoms with E-state index in [9.17, 15) is 0 Å². The van der Waals surface area contributed by atoms with Gasteiger partial charge in [0.05, 0.1) is 5.69 Å². The summed E-state index contributed by atoms with van der Waals surface area (Å²) < 4.78 is 0. The molecule has 2 aromatic heterocycles. The van der Waals surface area contributed by atoms with Gasteiger partial charge >= 0.3 is 0 Å². The number of anilines is 2. The minimum absolute atomic E-state index is 0.493. The van der Waals surface area contributed by atoms with E-state index in [1.165, 1.54) is 0 Å². The van der Waals surface area contributed by atoms with E-state index in [1.807, 2.05) is 23.7 Å². The summed E-state index contributed by atoms with van der Waals surface area (Å²) in [5, 5.41) is 3.14. The zero-order chi connectivity index (χ0) is 13.1. The average molecular weight is 275 g/mol. The van der Waals surface area contributed by atoms with Gasteiger partial charge in [-0.15, -0.1) is 11.3 Å². The SMILES string of the molecule is NCc1cccc(N2CCN(c3nccs3)CC2)n1. The van der Waals surface area contributed by atoms with Crippen LogP contribution in [0.3, 0.4) is 0 Å². The highest BCUT2D eigenvalue weighted by Gasteiger charge is 2.19. The van der Waals surface area contributed by atoms with Gasteiger partial charge in [-0.05, 0) is 12.1 Å². The second-order valence-corrected chi connectivity index (χ2v) is 5.35. The summed E-state index contributed by atoms with van der Waals surface area (Å²) in [6.07, 6.45) is 1.86. The third-order valence-corrected chi connectivity index (χ3v) is 4.13. The molecule has 100 valence electrons. The van der Waals surface area contributed by atoms with E-state index in [4.69, 9.17) is 5.73 Å². The maximum Gasteiger partial charge on any atom is 0.185 e. The first kappa shape index (κ1) is 12.4. The number of nitrogens with two attached hydrogens (primary N) is 1. The van der Waals surface area contributed by atoms with Crippen molar-refractivity contribution in [2.75, 3.05) is 36.0 Å². The van der Waals surface area contributed by atoms with Crippen LogP contribution in [0, 0.1) is 0 Å². The van der Waals surface area contributed by atoms with Crippen LogP contribution in [0.25, 0.3) is 0 Å². The van der Waals surface area contributed by atoms with Crippen molar-refractivity contribution in [2.24, 2.45) is 5.73 Å². The number of nitrogens with zero attached hydrogens (tertiary/aromatic N) is 4. The van der Waals surface area contributed by atoms with Crippen molar-refractivity contribution in [3.8, 4) is 0 Å². The van der Waals surface area contributed by atoms with Crippen LogP contribution in [-0.2, 0) is 6.54 Å². The Morgan fingerprint density at radius 1 is 1.16 bits per heavy atom. The van der Waals surface area contributed by atoms with Crippen molar-refractivity contribution in [2.45, 2.75) is 6.54 Å². The molecule has 0 radical (unpaired) electrons. The molecule has 2 aromatic rings. The number of pyridine rings is 1. The number of rotatable bonds is 3. The molecule has 0 atom stereocenters. The molecule has 3 rings (SSSR count). The molecule has 1 aliphatic rings. The summed E-state index contributed by atoms with van der Waals surface area (Å²) in [5.74, 6) is 1.03. The van der Waals surface area contributed by atoms with Crippen molar-refractivity contribution in [1.82, 2.24) is 9.97 Å². The standard InChI is InChI=1S/C13H17N5S/c14-10-11-2-1-3-12(16-11)17-5-7-18(8-6-17)13-15-4-9-19-13/h1-4,9H,5-8,10,14H2. The van der Waals surface area contributed by atoms with Crippen molar-refractivity contribution in [1.29, 1.82) is 0 Å². The van der Waals surface area contributed by atoms with Crippen molar-refractivity contribution < 1.29 is 0 Å². The van der Waals surface area contributed by atoms with E-state index >= 15 is 0 Å². The van der Waals surface area contributed by atoms with Crippen LogP contribution in [0.4, 0.5) is 10.9 Å². The van der Waals surface area contributed by atoms with Crippen LogP contribution in [-0.4, -0.2) is 36.1 Å². The second-order valence-electron chi connectivity index (χ2n) is 4.48. The predicted molar refractivity (Wildman–Crippen MR) is 78.7 cm³/mol. The topological polar surface area (TPSA) is 58.3 Å². The number of hydrogen-bond donors (Lipinski definition) is 1. The first-order valence-corrected chi connectivity index (χ1v) is 7.30. The number of hydrogen-bond acceptors (Lipinski definition) is 6. The molecule has 2 N–H and O–H groups in total. The number of piperazine rings is 1. The van der Waals surface area contributed by atoms with E-state index in [-0.39, 0.29) is 0 Å². The minimum atomic E-state index is 0.493. The van der Waals surface area contributed by atoms with Gasteiger partial charge in [-0.1, -0.05) is 6.07 Å². The Bertz CT molecular complexity index is 520. The summed E-state index contributed by atoms with van der Waals surface area (Å²) in [6.45, 7) is 4.41. The van der Waals surface area contributed by atoms with Crippen LogP contribution in [0.15, 0.2) is 29.8 Å². The first-order chi connectivity index (χ1) is 9.36. The molecular weight excluding hydrogens is 258 g/mol. The Morgan fingerprint density at radius 3 is 2.63 bits per heavy atom. The normalized spacial score (nSPS) is 15.8. The molecule has 0 spiro atoms. The molecule has 0 bridgehead atoms. The summed E-state index contributed by atoms with van der Waals surface area (Å²) in [7, 11) is 0. The summed E-state index contributed by atoms with van der Waals surface area (Å²) in [6, 6.07) is 6.05. The van der Waals surface area contributed by atoms with E-state index in [2.05, 4.69) is 25.8 Å². The summed E-state index contributed by atoms with van der Waals surface area (Å²) >= 11 is 1.70. The van der Waals surface area contributed by atoms with Crippen LogP contribution in [0.1, 0.15) is 5.69 Å². The first-order valence-electron chi connectivity index (χ1n) is 6.42. The molecule has 0 unspecified atom stereocenters. The molecule has 0 amide bonds. The highest BCUT2D eigenvalue weighted by Crippen LogP contribution is 2.21. The fourth-order valence-electron chi connectivity index (χ4n) is 2.26. The molecule has 1 fully saturated rings. The average Bonchev–Trinajstić information content (AvgIpc) is 3.02. The van der Waals surface area contributed by atoms with Crippen LogP contribution in [0.2, 0.25) is 0 Å². The van der Waals surface area contributed by atoms with Gasteiger partial charge < -0.3 is 15.5 Å². The highest BCUT2D eigenvalue weighted by molar-refractivity contribution is 7.13. The highest BCUT2D eigenvalue weighted by atomic mass is 32.1. The zero-order valence-corrected chi connectivity index (χ0v) is 11.5. The maximum absolute atomic E-state index is 5.64. The quantitative estimate of drug-likeness (QED) is 0.915. The number of thiazole rings is 1. The van der Waals surface area contributed by atoms with E-state index in [0.717, 1.165) is 42.8 Å². The third kappa shape index (κ3) is 2.69. The van der Waals surface area contributed by atoms with Gasteiger partial charge in [-0.25, -0.2) is 9.97 Å². The van der Waals surface area contributed by atoms with E-state index in [1.54, 1.807) is 11.3 Å². The molecule has 19 heavy (non-hydrogen) atoms. The lowest BCUT2D eigenvalue weighted by Gasteiger charge is -2.35. The van der Waals surface area contributed by atoms with Crippen molar-refractivity contribution >= 4 is 22.3 Å². The smallest absolute Gasteiger partial charge is 0.185 e. The lowest BCUT2D eigenvalue weighted by Crippen LogP contribution is -2.46. The minimum Gasteiger partial charge on any atom is -0.353 e. The van der Waals surface area contributed by atoms with Crippen LogP contribution < -0.4 is 15.5 Å². The second kappa shape index (κ2) is 5.54. The molecule has 3 heterocycles. The Hall–Kier alpha value is -1.66. The van der Waals surface area contributed by atoms with Gasteiger partial charge in [0.2, 0.25) is 0 Å².